The second-order valence-corrected chi connectivity index (χ2v) is 9.07. The van der Waals surface area contributed by atoms with E-state index in [4.69, 9.17) is 0 Å². The summed E-state index contributed by atoms with van der Waals surface area (Å²) in [7, 11) is 0. The summed E-state index contributed by atoms with van der Waals surface area (Å²) in [6, 6.07) is 8.26. The summed E-state index contributed by atoms with van der Waals surface area (Å²) < 4.78 is 0. The highest BCUT2D eigenvalue weighted by molar-refractivity contribution is 5.87. The third kappa shape index (κ3) is 3.60. The molecule has 3 aliphatic rings. The maximum Gasteiger partial charge on any atom is 0.257 e. The number of H-pyrrole nitrogens is 2. The minimum absolute atomic E-state index is 0.0625. The first-order chi connectivity index (χ1) is 15.7. The van der Waals surface area contributed by atoms with Gasteiger partial charge in [0, 0.05) is 35.4 Å². The van der Waals surface area contributed by atoms with Gasteiger partial charge in [0.15, 0.2) is 0 Å². The van der Waals surface area contributed by atoms with Crippen molar-refractivity contribution in [1.29, 1.82) is 0 Å². The number of hydrogen-bond donors (Lipinski definition) is 3. The van der Waals surface area contributed by atoms with Crippen LogP contribution in [0.2, 0.25) is 0 Å². The minimum atomic E-state index is -0.0625. The highest BCUT2D eigenvalue weighted by atomic mass is 16.1. The van der Waals surface area contributed by atoms with Crippen LogP contribution in [-0.2, 0) is 0 Å². The highest BCUT2D eigenvalue weighted by Gasteiger charge is 2.28. The maximum absolute atomic E-state index is 12.9. The second kappa shape index (κ2) is 7.95. The van der Waals surface area contributed by atoms with Crippen LogP contribution in [0.4, 0.5) is 0 Å². The molecule has 1 aromatic carbocycles. The number of rotatable bonds is 4. The van der Waals surface area contributed by atoms with Gasteiger partial charge in [0.25, 0.3) is 5.56 Å². The maximum atomic E-state index is 12.9. The van der Waals surface area contributed by atoms with Gasteiger partial charge in [0.2, 0.25) is 0 Å². The second-order valence-electron chi connectivity index (χ2n) is 9.07. The fraction of sp³-hybridized carbons (Fsp3) is 0.308. The molecule has 162 valence electrons. The largest absolute Gasteiger partial charge is 0.378 e. The standard InChI is InChI=1S/C26H27N5O/c32-26-22(12-20-11-18(5-7-24(20)30-26)21-14-27-28-15-21)25-13-19-10-17(4-6-23(19)29-25)16-31-8-2-1-3-9-31/h4-7,10-15,19,23,29H,1-3,8-9,16H2,(H,27,28)(H,30,32). The lowest BCUT2D eigenvalue weighted by atomic mass is 9.93. The molecule has 6 heteroatoms. The molecule has 2 unspecified atom stereocenters. The van der Waals surface area contributed by atoms with Crippen LogP contribution in [0.25, 0.3) is 27.7 Å². The van der Waals surface area contributed by atoms with Gasteiger partial charge in [-0.25, -0.2) is 0 Å². The summed E-state index contributed by atoms with van der Waals surface area (Å²) in [5.74, 6) is 0.280. The third-order valence-corrected chi connectivity index (χ3v) is 6.84. The lowest BCUT2D eigenvalue weighted by Gasteiger charge is -2.28. The van der Waals surface area contributed by atoms with Crippen molar-refractivity contribution in [2.75, 3.05) is 19.6 Å². The van der Waals surface area contributed by atoms with Gasteiger partial charge in [-0.3, -0.25) is 14.8 Å². The summed E-state index contributed by atoms with van der Waals surface area (Å²) in [6.07, 6.45) is 16.7. The predicted octanol–water partition coefficient (Wildman–Crippen LogP) is 3.83. The fourth-order valence-corrected chi connectivity index (χ4v) is 5.12. The van der Waals surface area contributed by atoms with Gasteiger partial charge in [0.1, 0.15) is 0 Å². The zero-order valence-electron chi connectivity index (χ0n) is 18.0. The lowest BCUT2D eigenvalue weighted by molar-refractivity contribution is 0.247. The van der Waals surface area contributed by atoms with Crippen molar-refractivity contribution in [2.24, 2.45) is 5.92 Å². The fourth-order valence-electron chi connectivity index (χ4n) is 5.12. The number of nitrogens with one attached hydrogen (secondary N) is 3. The molecule has 2 aliphatic heterocycles. The Morgan fingerprint density at radius 1 is 1.06 bits per heavy atom. The van der Waals surface area contributed by atoms with E-state index in [1.165, 1.54) is 37.9 Å². The molecule has 2 atom stereocenters. The summed E-state index contributed by atoms with van der Waals surface area (Å²) >= 11 is 0. The van der Waals surface area contributed by atoms with Crippen LogP contribution in [0.1, 0.15) is 24.8 Å². The van der Waals surface area contributed by atoms with E-state index in [9.17, 15) is 4.79 Å². The van der Waals surface area contributed by atoms with Crippen molar-refractivity contribution in [3.63, 3.8) is 0 Å². The molecule has 3 aromatic rings. The molecule has 3 N–H and O–H groups in total. The van der Waals surface area contributed by atoms with Crippen molar-refractivity contribution < 1.29 is 0 Å². The van der Waals surface area contributed by atoms with E-state index in [0.717, 1.165) is 34.3 Å². The summed E-state index contributed by atoms with van der Waals surface area (Å²) in [5, 5.41) is 11.5. The van der Waals surface area contributed by atoms with E-state index >= 15 is 0 Å². The van der Waals surface area contributed by atoms with Crippen molar-refractivity contribution in [1.82, 2.24) is 25.4 Å². The SMILES string of the molecule is O=c1[nH]c2ccc(-c3cn[nH]c3)cc2cc1C1=CC2C=C(CN3CCCCC3)C=CC2N1. The molecule has 0 spiro atoms. The molecule has 32 heavy (non-hydrogen) atoms. The highest BCUT2D eigenvalue weighted by Crippen LogP contribution is 2.30. The molecule has 0 radical (unpaired) electrons. The Bertz CT molecular complexity index is 1290. The summed E-state index contributed by atoms with van der Waals surface area (Å²) in [4.78, 5) is 18.5. The van der Waals surface area contributed by atoms with Crippen molar-refractivity contribution >= 4 is 16.6 Å². The van der Waals surface area contributed by atoms with E-state index in [1.54, 1.807) is 6.20 Å². The quantitative estimate of drug-likeness (QED) is 0.594. The van der Waals surface area contributed by atoms with Gasteiger partial charge >= 0.3 is 0 Å². The Morgan fingerprint density at radius 3 is 2.81 bits per heavy atom. The average Bonchev–Trinajstić information content (AvgIpc) is 3.49. The van der Waals surface area contributed by atoms with Crippen LogP contribution < -0.4 is 10.9 Å². The Balaban J connectivity index is 1.29. The first-order valence-corrected chi connectivity index (χ1v) is 11.5. The van der Waals surface area contributed by atoms with Gasteiger partial charge in [-0.1, -0.05) is 36.8 Å². The van der Waals surface area contributed by atoms with Gasteiger partial charge in [-0.2, -0.15) is 5.10 Å². The molecule has 1 fully saturated rings. The summed E-state index contributed by atoms with van der Waals surface area (Å²) in [6.45, 7) is 3.42. The van der Waals surface area contributed by atoms with E-state index in [1.807, 2.05) is 24.4 Å². The van der Waals surface area contributed by atoms with E-state index in [0.29, 0.717) is 5.56 Å². The number of hydrogen-bond acceptors (Lipinski definition) is 4. The van der Waals surface area contributed by atoms with E-state index < -0.39 is 0 Å². The number of aromatic nitrogens is 3. The van der Waals surface area contributed by atoms with Crippen LogP contribution in [0.5, 0.6) is 0 Å². The van der Waals surface area contributed by atoms with Crippen LogP contribution in [0, 0.1) is 5.92 Å². The molecular formula is C26H27N5O. The zero-order valence-corrected chi connectivity index (χ0v) is 18.0. The van der Waals surface area contributed by atoms with Crippen molar-refractivity contribution in [2.45, 2.75) is 25.3 Å². The predicted molar refractivity (Wildman–Crippen MR) is 128 cm³/mol. The van der Waals surface area contributed by atoms with E-state index in [2.05, 4.69) is 55.8 Å². The number of pyridine rings is 1. The first kappa shape index (κ1) is 19.3. The average molecular weight is 426 g/mol. The third-order valence-electron chi connectivity index (χ3n) is 6.84. The van der Waals surface area contributed by atoms with Crippen molar-refractivity contribution in [3.8, 4) is 11.1 Å². The Kier molecular flexibility index (Phi) is 4.80. The van der Waals surface area contributed by atoms with Gasteiger partial charge in [-0.05, 0) is 60.7 Å². The number of piperidine rings is 1. The smallest absolute Gasteiger partial charge is 0.257 e. The van der Waals surface area contributed by atoms with Crippen molar-refractivity contribution in [3.05, 3.63) is 82.5 Å². The molecule has 0 saturated carbocycles. The molecule has 4 heterocycles. The summed E-state index contributed by atoms with van der Waals surface area (Å²) in [5.41, 5.74) is 5.86. The Morgan fingerprint density at radius 2 is 1.97 bits per heavy atom. The molecule has 0 bridgehead atoms. The van der Waals surface area contributed by atoms with Gasteiger partial charge in [0.05, 0.1) is 17.8 Å². The number of benzene rings is 1. The number of fused-ring (bicyclic) bond motifs is 2. The number of aromatic amines is 2. The van der Waals surface area contributed by atoms with Crippen LogP contribution in [0.3, 0.4) is 0 Å². The molecule has 6 nitrogen and oxygen atoms in total. The monoisotopic (exact) mass is 425 g/mol. The molecule has 2 aromatic heterocycles. The van der Waals surface area contributed by atoms with E-state index in [-0.39, 0.29) is 17.5 Å². The Hall–Kier alpha value is -3.38. The minimum Gasteiger partial charge on any atom is -0.378 e. The van der Waals surface area contributed by atoms with Gasteiger partial charge in [-0.15, -0.1) is 0 Å². The molecule has 1 aliphatic carbocycles. The normalized spacial score (nSPS) is 23.0. The first-order valence-electron chi connectivity index (χ1n) is 11.5. The number of likely N-dealkylation sites (tertiary alicyclic amines) is 1. The topological polar surface area (TPSA) is 76.8 Å². The van der Waals surface area contributed by atoms with Crippen LogP contribution in [-0.4, -0.2) is 45.8 Å². The molecule has 1 saturated heterocycles. The Labute approximate surface area is 186 Å². The molecular weight excluding hydrogens is 398 g/mol. The zero-order chi connectivity index (χ0) is 21.5. The molecule has 0 amide bonds. The van der Waals surface area contributed by atoms with Crippen LogP contribution >= 0.6 is 0 Å². The molecule has 6 rings (SSSR count). The number of nitrogens with zero attached hydrogens (tertiary/aromatic N) is 2. The van der Waals surface area contributed by atoms with Gasteiger partial charge < -0.3 is 10.3 Å². The van der Waals surface area contributed by atoms with Crippen LogP contribution in [0.15, 0.2) is 71.3 Å². The lowest BCUT2D eigenvalue weighted by Crippen LogP contribution is -2.33.